The van der Waals surface area contributed by atoms with Gasteiger partial charge in [0.15, 0.2) is 0 Å². The largest absolute Gasteiger partial charge is 0.541 e. The second-order valence-electron chi connectivity index (χ2n) is 3.30. The lowest BCUT2D eigenvalue weighted by molar-refractivity contribution is -0.296. The van der Waals surface area contributed by atoms with Gasteiger partial charge in [-0.3, -0.25) is 4.79 Å². The Balaban J connectivity index is 3.44. The summed E-state index contributed by atoms with van der Waals surface area (Å²) in [6.07, 6.45) is -4.71. The summed E-state index contributed by atoms with van der Waals surface area (Å²) in [5, 5.41) is 10.4. The van der Waals surface area contributed by atoms with Gasteiger partial charge in [0.2, 0.25) is 5.78 Å². The van der Waals surface area contributed by atoms with Crippen LogP contribution in [0.2, 0.25) is 0 Å². The minimum absolute atomic E-state index is 0.0932. The van der Waals surface area contributed by atoms with Crippen molar-refractivity contribution in [2.24, 2.45) is 0 Å². The maximum absolute atomic E-state index is 12.6. The van der Waals surface area contributed by atoms with E-state index in [2.05, 4.69) is 0 Å². The molecule has 0 heterocycles. The molecule has 0 amide bonds. The van der Waals surface area contributed by atoms with Gasteiger partial charge in [-0.15, -0.1) is 0 Å². The van der Waals surface area contributed by atoms with Crippen LogP contribution in [-0.4, -0.2) is 11.8 Å². The number of hydrogen-bond donors (Lipinski definition) is 0. The maximum Gasteiger partial charge on any atom is 0.416 e. The molecule has 3 nitrogen and oxygen atoms in total. The number of rotatable bonds is 3. The fraction of sp³-hybridized carbons (Fsp3) is 0.273. The molecule has 0 aliphatic carbocycles. The molecule has 0 saturated heterocycles. The minimum atomic E-state index is -4.62. The second kappa shape index (κ2) is 4.57. The summed E-state index contributed by atoms with van der Waals surface area (Å²) in [6, 6.07) is 2.86. The Bertz CT molecular complexity index is 464. The van der Waals surface area contributed by atoms with Crippen molar-refractivity contribution in [2.75, 3.05) is 0 Å². The Morgan fingerprint density at radius 3 is 2.29 bits per heavy atom. The highest BCUT2D eigenvalue weighted by Gasteiger charge is 2.34. The standard InChI is InChI=1S/C11H9F3O3/c1-2-6-7(9(15)10(16)17)4-3-5-8(6)11(12,13)14/h3-5H,2H2,1H3,(H,16,17)/p-1. The molecule has 0 spiro atoms. The average Bonchev–Trinajstić information content (AvgIpc) is 2.25. The molecule has 92 valence electrons. The predicted octanol–water partition coefficient (Wildman–Crippen LogP) is 1.20. The molecule has 1 rings (SSSR count). The SMILES string of the molecule is CCc1c(C(=O)C(=O)[O-])cccc1C(F)(F)F. The summed E-state index contributed by atoms with van der Waals surface area (Å²) in [5.74, 6) is -3.45. The van der Waals surface area contributed by atoms with Crippen LogP contribution < -0.4 is 5.11 Å². The van der Waals surface area contributed by atoms with E-state index >= 15 is 0 Å². The van der Waals surface area contributed by atoms with E-state index in [1.165, 1.54) is 6.92 Å². The fourth-order valence-electron chi connectivity index (χ4n) is 1.56. The molecule has 0 radical (unpaired) electrons. The highest BCUT2D eigenvalue weighted by atomic mass is 19.4. The number of hydrogen-bond acceptors (Lipinski definition) is 3. The summed E-state index contributed by atoms with van der Waals surface area (Å²) in [7, 11) is 0. The number of carboxylic acid groups (broad SMARTS) is 1. The van der Waals surface area contributed by atoms with Crippen LogP contribution in [0.15, 0.2) is 18.2 Å². The van der Waals surface area contributed by atoms with E-state index in [1.54, 1.807) is 0 Å². The van der Waals surface area contributed by atoms with Crippen LogP contribution in [0.5, 0.6) is 0 Å². The average molecular weight is 245 g/mol. The Hall–Kier alpha value is -1.85. The van der Waals surface area contributed by atoms with Gasteiger partial charge in [-0.2, -0.15) is 13.2 Å². The molecule has 0 bridgehead atoms. The molecule has 0 aromatic heterocycles. The lowest BCUT2D eigenvalue weighted by Crippen LogP contribution is -2.32. The molecule has 1 aromatic carbocycles. The monoisotopic (exact) mass is 245 g/mol. The highest BCUT2D eigenvalue weighted by molar-refractivity contribution is 6.39. The Labute approximate surface area is 94.9 Å². The Morgan fingerprint density at radius 2 is 1.88 bits per heavy atom. The molecule has 17 heavy (non-hydrogen) atoms. The van der Waals surface area contributed by atoms with Crippen molar-refractivity contribution in [1.29, 1.82) is 0 Å². The lowest BCUT2D eigenvalue weighted by atomic mass is 9.96. The van der Waals surface area contributed by atoms with Gasteiger partial charge in [-0.25, -0.2) is 0 Å². The van der Waals surface area contributed by atoms with Crippen molar-refractivity contribution in [2.45, 2.75) is 19.5 Å². The van der Waals surface area contributed by atoms with Gasteiger partial charge >= 0.3 is 6.18 Å². The summed E-state index contributed by atoms with van der Waals surface area (Å²) in [5.41, 5.74) is -1.79. The van der Waals surface area contributed by atoms with Crippen LogP contribution in [0.1, 0.15) is 28.4 Å². The summed E-state index contributed by atoms with van der Waals surface area (Å²) >= 11 is 0. The van der Waals surface area contributed by atoms with Gasteiger partial charge in [0.25, 0.3) is 0 Å². The van der Waals surface area contributed by atoms with E-state index in [1.807, 2.05) is 0 Å². The lowest BCUT2D eigenvalue weighted by Gasteiger charge is -2.15. The summed E-state index contributed by atoms with van der Waals surface area (Å²) < 4.78 is 37.8. The quantitative estimate of drug-likeness (QED) is 0.594. The van der Waals surface area contributed by atoms with Crippen molar-refractivity contribution in [3.63, 3.8) is 0 Å². The van der Waals surface area contributed by atoms with Crippen molar-refractivity contribution < 1.29 is 27.9 Å². The number of alkyl halides is 3. The Morgan fingerprint density at radius 1 is 1.29 bits per heavy atom. The first-order valence-corrected chi connectivity index (χ1v) is 4.73. The second-order valence-corrected chi connectivity index (χ2v) is 3.30. The number of ketones is 1. The van der Waals surface area contributed by atoms with Crippen molar-refractivity contribution in [1.82, 2.24) is 0 Å². The molecule has 6 heteroatoms. The molecule has 0 fully saturated rings. The van der Waals surface area contributed by atoms with Gasteiger partial charge < -0.3 is 9.90 Å². The topological polar surface area (TPSA) is 57.2 Å². The smallest absolute Gasteiger partial charge is 0.416 e. The minimum Gasteiger partial charge on any atom is -0.541 e. The van der Waals surface area contributed by atoms with E-state index in [9.17, 15) is 27.9 Å². The Kier molecular flexibility index (Phi) is 3.55. The van der Waals surface area contributed by atoms with Gasteiger partial charge in [0.1, 0.15) is 5.97 Å². The van der Waals surface area contributed by atoms with Crippen LogP contribution in [-0.2, 0) is 17.4 Å². The normalized spacial score (nSPS) is 11.3. The third-order valence-corrected chi connectivity index (χ3v) is 2.26. The van der Waals surface area contributed by atoms with Crippen LogP contribution in [0.3, 0.4) is 0 Å². The number of Topliss-reactive ketones (excluding diaryl/α,β-unsaturated/α-hetero) is 1. The van der Waals surface area contributed by atoms with Crippen molar-refractivity contribution >= 4 is 11.8 Å². The number of aliphatic carboxylic acids is 1. The van der Waals surface area contributed by atoms with E-state index in [-0.39, 0.29) is 12.0 Å². The molecule has 0 saturated carbocycles. The zero-order valence-corrected chi connectivity index (χ0v) is 8.80. The fourth-order valence-corrected chi connectivity index (χ4v) is 1.56. The number of carbonyl (C=O) groups excluding carboxylic acids is 2. The molecular weight excluding hydrogens is 237 g/mol. The molecule has 0 aliphatic rings. The maximum atomic E-state index is 12.6. The summed E-state index contributed by atoms with van der Waals surface area (Å²) in [6.45, 7) is 1.41. The highest BCUT2D eigenvalue weighted by Crippen LogP contribution is 2.33. The van der Waals surface area contributed by atoms with Crippen LogP contribution in [0, 0.1) is 0 Å². The van der Waals surface area contributed by atoms with Crippen molar-refractivity contribution in [3.8, 4) is 0 Å². The van der Waals surface area contributed by atoms with E-state index in [0.29, 0.717) is 0 Å². The zero-order chi connectivity index (χ0) is 13.2. The van der Waals surface area contributed by atoms with E-state index < -0.39 is 29.1 Å². The first-order valence-electron chi connectivity index (χ1n) is 4.73. The molecule has 0 unspecified atom stereocenters. The summed E-state index contributed by atoms with van der Waals surface area (Å²) in [4.78, 5) is 21.6. The molecule has 0 N–H and O–H groups in total. The molecule has 0 atom stereocenters. The van der Waals surface area contributed by atoms with Crippen LogP contribution in [0.4, 0.5) is 13.2 Å². The number of benzene rings is 1. The number of carbonyl (C=O) groups is 2. The number of carboxylic acids is 1. The third kappa shape index (κ3) is 2.64. The molecule has 1 aromatic rings. The van der Waals surface area contributed by atoms with Crippen LogP contribution >= 0.6 is 0 Å². The van der Waals surface area contributed by atoms with Gasteiger partial charge in [-0.05, 0) is 18.1 Å². The van der Waals surface area contributed by atoms with Gasteiger partial charge in [0, 0.05) is 5.56 Å². The molecular formula is C11H8F3O3-. The van der Waals surface area contributed by atoms with E-state index in [0.717, 1.165) is 18.2 Å². The molecule has 0 aliphatic heterocycles. The van der Waals surface area contributed by atoms with Gasteiger partial charge in [-0.1, -0.05) is 19.1 Å². The predicted molar refractivity (Wildman–Crippen MR) is 50.2 cm³/mol. The van der Waals surface area contributed by atoms with Crippen LogP contribution in [0.25, 0.3) is 0 Å². The van der Waals surface area contributed by atoms with Crippen molar-refractivity contribution in [3.05, 3.63) is 34.9 Å². The first kappa shape index (κ1) is 13.2. The number of halogens is 3. The van der Waals surface area contributed by atoms with Gasteiger partial charge in [0.05, 0.1) is 5.56 Å². The first-order chi connectivity index (χ1) is 7.79. The third-order valence-electron chi connectivity index (χ3n) is 2.26. The van der Waals surface area contributed by atoms with E-state index in [4.69, 9.17) is 0 Å². The zero-order valence-electron chi connectivity index (χ0n) is 8.80.